The Bertz CT molecular complexity index is 581. The third-order valence-electron chi connectivity index (χ3n) is 2.69. The van der Waals surface area contributed by atoms with Crippen LogP contribution in [0.2, 0.25) is 0 Å². The number of carbonyl (C=O) groups is 1. The van der Waals surface area contributed by atoms with Gasteiger partial charge in [-0.2, -0.15) is 5.26 Å². The highest BCUT2D eigenvalue weighted by molar-refractivity contribution is 5.94. The molecule has 1 aromatic rings. The average Bonchev–Trinajstić information content (AvgIpc) is 2.47. The molecule has 0 heterocycles. The molecule has 0 spiro atoms. The monoisotopic (exact) mass is 273 g/mol. The Balaban J connectivity index is 3.04. The molecule has 0 aromatic heterocycles. The summed E-state index contributed by atoms with van der Waals surface area (Å²) in [4.78, 5) is 13.7. The number of halogens is 1. The molecule has 0 unspecified atom stereocenters. The van der Waals surface area contributed by atoms with Crippen LogP contribution in [0.4, 0.5) is 4.39 Å². The van der Waals surface area contributed by atoms with Gasteiger partial charge in [0.05, 0.1) is 24.6 Å². The van der Waals surface area contributed by atoms with E-state index >= 15 is 0 Å². The van der Waals surface area contributed by atoms with Crippen LogP contribution in [0.5, 0.6) is 0 Å². The Labute approximate surface area is 118 Å². The van der Waals surface area contributed by atoms with Gasteiger partial charge in [-0.25, -0.2) is 4.39 Å². The third-order valence-corrected chi connectivity index (χ3v) is 2.69. The van der Waals surface area contributed by atoms with Crippen molar-refractivity contribution < 1.29 is 9.18 Å². The Morgan fingerprint density at radius 3 is 2.85 bits per heavy atom. The average molecular weight is 273 g/mol. The van der Waals surface area contributed by atoms with Gasteiger partial charge in [-0.3, -0.25) is 4.79 Å². The predicted octanol–water partition coefficient (Wildman–Crippen LogP) is 1.51. The molecule has 5 heteroatoms. The maximum absolute atomic E-state index is 13.8. The first-order chi connectivity index (χ1) is 9.63. The molecular formula is C15H16FN3O. The molecule has 0 radical (unpaired) electrons. The summed E-state index contributed by atoms with van der Waals surface area (Å²) in [7, 11) is 0. The molecule has 104 valence electrons. The topological polar surface area (TPSA) is 70.1 Å². The Morgan fingerprint density at radius 2 is 2.25 bits per heavy atom. The van der Waals surface area contributed by atoms with Crippen LogP contribution in [-0.4, -0.2) is 30.4 Å². The number of carbonyl (C=O) groups excluding carboxylic acids is 1. The fraction of sp³-hybridized carbons (Fsp3) is 0.333. The summed E-state index contributed by atoms with van der Waals surface area (Å²) in [5.74, 6) is 4.39. The number of nitriles is 1. The maximum Gasteiger partial charge on any atom is 0.256 e. The molecule has 2 N–H and O–H groups in total. The summed E-state index contributed by atoms with van der Waals surface area (Å²) in [5.41, 5.74) is 5.78. The molecule has 20 heavy (non-hydrogen) atoms. The Kier molecular flexibility index (Phi) is 6.22. The third kappa shape index (κ3) is 4.08. The van der Waals surface area contributed by atoms with E-state index in [0.29, 0.717) is 12.1 Å². The number of rotatable bonds is 4. The second-order valence-electron chi connectivity index (χ2n) is 3.99. The largest absolute Gasteiger partial charge is 0.338 e. The summed E-state index contributed by atoms with van der Waals surface area (Å²) in [6.45, 7) is 2.68. The Morgan fingerprint density at radius 1 is 1.50 bits per heavy atom. The molecule has 0 saturated heterocycles. The minimum atomic E-state index is -0.594. The van der Waals surface area contributed by atoms with Gasteiger partial charge in [-0.15, -0.1) is 0 Å². The summed E-state index contributed by atoms with van der Waals surface area (Å²) >= 11 is 0. The van der Waals surface area contributed by atoms with Crippen molar-refractivity contribution >= 4 is 5.91 Å². The first kappa shape index (κ1) is 15.7. The molecule has 0 aliphatic carbocycles. The van der Waals surface area contributed by atoms with Crippen molar-refractivity contribution in [2.24, 2.45) is 5.73 Å². The number of nitrogens with two attached hydrogens (primary N) is 1. The molecule has 1 amide bonds. The molecule has 0 aliphatic heterocycles. The van der Waals surface area contributed by atoms with Crippen molar-refractivity contribution in [2.75, 3.05) is 19.6 Å². The zero-order chi connectivity index (χ0) is 15.0. The lowest BCUT2D eigenvalue weighted by Crippen LogP contribution is -2.32. The van der Waals surface area contributed by atoms with Crippen molar-refractivity contribution in [3.05, 3.63) is 35.1 Å². The van der Waals surface area contributed by atoms with E-state index in [0.717, 1.165) is 0 Å². The maximum atomic E-state index is 13.8. The van der Waals surface area contributed by atoms with E-state index in [1.54, 1.807) is 6.92 Å². The van der Waals surface area contributed by atoms with Crippen molar-refractivity contribution in [1.29, 1.82) is 5.26 Å². The predicted molar refractivity (Wildman–Crippen MR) is 74.1 cm³/mol. The smallest absolute Gasteiger partial charge is 0.256 e. The van der Waals surface area contributed by atoms with Gasteiger partial charge in [-0.1, -0.05) is 11.8 Å². The van der Waals surface area contributed by atoms with Gasteiger partial charge in [0.25, 0.3) is 5.91 Å². The van der Waals surface area contributed by atoms with Gasteiger partial charge in [0.2, 0.25) is 0 Å². The number of benzene rings is 1. The van der Waals surface area contributed by atoms with Gasteiger partial charge in [0.1, 0.15) is 5.82 Å². The Hall–Kier alpha value is -2.37. The highest BCUT2D eigenvalue weighted by Gasteiger charge is 2.18. The number of nitrogens with zero attached hydrogens (tertiary/aromatic N) is 2. The van der Waals surface area contributed by atoms with Crippen LogP contribution in [0.15, 0.2) is 18.2 Å². The summed E-state index contributed by atoms with van der Waals surface area (Å²) in [6, 6.07) is 6.10. The number of hydrogen-bond acceptors (Lipinski definition) is 3. The van der Waals surface area contributed by atoms with E-state index in [9.17, 15) is 9.18 Å². The van der Waals surface area contributed by atoms with Gasteiger partial charge >= 0.3 is 0 Å². The van der Waals surface area contributed by atoms with Crippen LogP contribution in [0.1, 0.15) is 29.3 Å². The van der Waals surface area contributed by atoms with Crippen molar-refractivity contribution in [3.63, 3.8) is 0 Å². The summed E-state index contributed by atoms with van der Waals surface area (Å²) in [5, 5.41) is 8.57. The van der Waals surface area contributed by atoms with Crippen molar-refractivity contribution in [2.45, 2.75) is 13.3 Å². The molecule has 0 atom stereocenters. The van der Waals surface area contributed by atoms with Crippen LogP contribution in [0, 0.1) is 29.0 Å². The molecule has 1 aromatic carbocycles. The van der Waals surface area contributed by atoms with Gasteiger partial charge in [0, 0.05) is 18.7 Å². The fourth-order valence-corrected chi connectivity index (χ4v) is 1.68. The van der Waals surface area contributed by atoms with Crippen LogP contribution >= 0.6 is 0 Å². The fourth-order valence-electron chi connectivity index (χ4n) is 1.68. The molecule has 0 aliphatic rings. The van der Waals surface area contributed by atoms with Crippen LogP contribution in [0.25, 0.3) is 0 Å². The lowest BCUT2D eigenvalue weighted by Gasteiger charge is -2.19. The van der Waals surface area contributed by atoms with E-state index in [1.165, 1.54) is 23.1 Å². The summed E-state index contributed by atoms with van der Waals surface area (Å²) in [6.07, 6.45) is 0.216. The molecule has 0 bridgehead atoms. The zero-order valence-corrected chi connectivity index (χ0v) is 11.3. The van der Waals surface area contributed by atoms with Crippen LogP contribution < -0.4 is 5.73 Å². The second kappa shape index (κ2) is 7.93. The normalized spacial score (nSPS) is 9.30. The minimum Gasteiger partial charge on any atom is -0.338 e. The lowest BCUT2D eigenvalue weighted by molar-refractivity contribution is 0.0763. The van der Waals surface area contributed by atoms with E-state index in [2.05, 4.69) is 11.8 Å². The van der Waals surface area contributed by atoms with Gasteiger partial charge < -0.3 is 10.6 Å². The van der Waals surface area contributed by atoms with Crippen molar-refractivity contribution in [3.8, 4) is 17.9 Å². The van der Waals surface area contributed by atoms with E-state index in [-0.39, 0.29) is 25.1 Å². The molecule has 0 fully saturated rings. The van der Waals surface area contributed by atoms with E-state index in [4.69, 9.17) is 11.0 Å². The van der Waals surface area contributed by atoms with E-state index < -0.39 is 11.7 Å². The molecule has 4 nitrogen and oxygen atoms in total. The SMILES string of the molecule is CCN(CCC#N)C(=O)c1cc(C#CCN)ccc1F. The zero-order valence-electron chi connectivity index (χ0n) is 11.3. The molecular weight excluding hydrogens is 257 g/mol. The molecule has 0 saturated carbocycles. The lowest BCUT2D eigenvalue weighted by atomic mass is 10.1. The number of amides is 1. The quantitative estimate of drug-likeness (QED) is 0.845. The first-order valence-electron chi connectivity index (χ1n) is 6.28. The van der Waals surface area contributed by atoms with Gasteiger partial charge in [-0.05, 0) is 25.1 Å². The highest BCUT2D eigenvalue weighted by atomic mass is 19.1. The second-order valence-corrected chi connectivity index (χ2v) is 3.99. The van der Waals surface area contributed by atoms with E-state index in [1.807, 2.05) is 6.07 Å². The van der Waals surface area contributed by atoms with Crippen molar-refractivity contribution in [1.82, 2.24) is 4.90 Å². The first-order valence-corrected chi connectivity index (χ1v) is 6.28. The van der Waals surface area contributed by atoms with Crippen LogP contribution in [-0.2, 0) is 0 Å². The highest BCUT2D eigenvalue weighted by Crippen LogP contribution is 2.13. The minimum absolute atomic E-state index is 0.0337. The molecule has 1 rings (SSSR count). The number of hydrogen-bond donors (Lipinski definition) is 1. The summed E-state index contributed by atoms with van der Waals surface area (Å²) < 4.78 is 13.8. The van der Waals surface area contributed by atoms with Crippen LogP contribution in [0.3, 0.4) is 0 Å². The van der Waals surface area contributed by atoms with Gasteiger partial charge in [0.15, 0.2) is 0 Å². The standard InChI is InChI=1S/C15H16FN3O/c1-2-19(10-4-9-18)15(20)13-11-12(5-3-8-17)6-7-14(13)16/h6-7,11H,2,4,8,10,17H2,1H3.